The number of amides is 2. The third-order valence-electron chi connectivity index (χ3n) is 4.59. The topological polar surface area (TPSA) is 105 Å². The Labute approximate surface area is 152 Å². The number of Topliss-reactive ketones (excluding diaryl/α,β-unsaturated/α-hetero) is 1. The summed E-state index contributed by atoms with van der Waals surface area (Å²) in [5.41, 5.74) is 1.45. The van der Waals surface area contributed by atoms with Gasteiger partial charge in [0, 0.05) is 25.4 Å². The summed E-state index contributed by atoms with van der Waals surface area (Å²) < 4.78 is 1.71. The normalized spacial score (nSPS) is 19.2. The minimum atomic E-state index is -0.955. The second-order valence-electron chi connectivity index (χ2n) is 6.19. The predicted octanol–water partition coefficient (Wildman–Crippen LogP) is 2.48. The molecule has 0 bridgehead atoms. The van der Waals surface area contributed by atoms with Gasteiger partial charge in [-0.2, -0.15) is 0 Å². The largest absolute Gasteiger partial charge is 0.465 e. The number of carboxylic acid groups (broad SMARTS) is 1. The molecule has 8 nitrogen and oxygen atoms in total. The average Bonchev–Trinajstić information content (AvgIpc) is 3.35. The van der Waals surface area contributed by atoms with E-state index < -0.39 is 12.1 Å². The van der Waals surface area contributed by atoms with Crippen molar-refractivity contribution in [3.63, 3.8) is 0 Å². The molecule has 1 unspecified atom stereocenters. The molecule has 0 saturated heterocycles. The SMILES string of the molecule is O=C1CCC(C(=O)Nc2ncc(C3=CCN(C(=O)O)C3)s2)n2cccc21. The molecular weight excluding hydrogens is 356 g/mol. The second kappa shape index (κ2) is 6.41. The van der Waals surface area contributed by atoms with Crippen LogP contribution in [0.2, 0.25) is 0 Å². The zero-order chi connectivity index (χ0) is 18.3. The number of aromatic nitrogens is 2. The van der Waals surface area contributed by atoms with Gasteiger partial charge in [-0.1, -0.05) is 17.4 Å². The van der Waals surface area contributed by atoms with Gasteiger partial charge in [0.15, 0.2) is 10.9 Å². The Bertz CT molecular complexity index is 929. The first-order valence-electron chi connectivity index (χ1n) is 8.17. The molecule has 4 heterocycles. The monoisotopic (exact) mass is 372 g/mol. The molecule has 9 heteroatoms. The van der Waals surface area contributed by atoms with Crippen LogP contribution in [-0.4, -0.2) is 50.4 Å². The molecule has 26 heavy (non-hydrogen) atoms. The van der Waals surface area contributed by atoms with Crippen molar-refractivity contribution in [3.05, 3.63) is 41.2 Å². The van der Waals surface area contributed by atoms with Crippen LogP contribution in [0, 0.1) is 0 Å². The van der Waals surface area contributed by atoms with Gasteiger partial charge in [0.05, 0.1) is 17.1 Å². The number of ketones is 1. The van der Waals surface area contributed by atoms with E-state index in [4.69, 9.17) is 5.11 Å². The predicted molar refractivity (Wildman–Crippen MR) is 95.4 cm³/mol. The molecule has 4 rings (SSSR count). The lowest BCUT2D eigenvalue weighted by Gasteiger charge is -2.24. The molecule has 2 aromatic rings. The molecule has 0 fully saturated rings. The van der Waals surface area contributed by atoms with Crippen LogP contribution in [0.5, 0.6) is 0 Å². The van der Waals surface area contributed by atoms with E-state index in [0.717, 1.165) is 10.5 Å². The van der Waals surface area contributed by atoms with Crippen molar-refractivity contribution in [2.45, 2.75) is 18.9 Å². The number of carbonyl (C=O) groups excluding carboxylic acids is 2. The first-order chi connectivity index (χ1) is 12.5. The highest BCUT2D eigenvalue weighted by Gasteiger charge is 2.30. The Hall–Kier alpha value is -2.94. The number of nitrogens with zero attached hydrogens (tertiary/aromatic N) is 3. The highest BCUT2D eigenvalue weighted by atomic mass is 32.1. The minimum absolute atomic E-state index is 0.0479. The molecule has 2 aromatic heterocycles. The van der Waals surface area contributed by atoms with Crippen LogP contribution in [-0.2, 0) is 4.79 Å². The van der Waals surface area contributed by atoms with Crippen LogP contribution in [0.3, 0.4) is 0 Å². The molecule has 2 N–H and O–H groups in total. The first-order valence-corrected chi connectivity index (χ1v) is 8.98. The third kappa shape index (κ3) is 2.90. The Balaban J connectivity index is 1.45. The number of thiazole rings is 1. The summed E-state index contributed by atoms with van der Waals surface area (Å²) in [5.74, 6) is -0.157. The number of fused-ring (bicyclic) bond motifs is 1. The zero-order valence-corrected chi connectivity index (χ0v) is 14.5. The molecule has 2 aliphatic heterocycles. The Morgan fingerprint density at radius 2 is 2.23 bits per heavy atom. The average molecular weight is 372 g/mol. The van der Waals surface area contributed by atoms with Gasteiger partial charge in [-0.3, -0.25) is 9.59 Å². The molecule has 2 amide bonds. The van der Waals surface area contributed by atoms with E-state index in [1.165, 1.54) is 16.2 Å². The fourth-order valence-corrected chi connectivity index (χ4v) is 4.09. The molecule has 0 saturated carbocycles. The standard InChI is InChI=1S/C17H16N4O4S/c22-13-4-3-12(21-6-1-2-11(13)21)15(23)19-16-18-8-14(26-16)10-5-7-20(9-10)17(24)25/h1-2,5-6,8,12H,3-4,7,9H2,(H,24,25)(H,18,19,23). The molecule has 0 radical (unpaired) electrons. The van der Waals surface area contributed by atoms with Gasteiger partial charge in [-0.05, 0) is 24.1 Å². The highest BCUT2D eigenvalue weighted by molar-refractivity contribution is 7.16. The van der Waals surface area contributed by atoms with Crippen molar-refractivity contribution in [3.8, 4) is 0 Å². The lowest BCUT2D eigenvalue weighted by molar-refractivity contribution is -0.119. The van der Waals surface area contributed by atoms with Crippen molar-refractivity contribution in [2.75, 3.05) is 18.4 Å². The van der Waals surface area contributed by atoms with Crippen LogP contribution in [0.1, 0.15) is 34.2 Å². The van der Waals surface area contributed by atoms with Gasteiger partial charge in [0.2, 0.25) is 5.91 Å². The van der Waals surface area contributed by atoms with Crippen LogP contribution < -0.4 is 5.32 Å². The van der Waals surface area contributed by atoms with Gasteiger partial charge in [0.25, 0.3) is 0 Å². The second-order valence-corrected chi connectivity index (χ2v) is 7.22. The lowest BCUT2D eigenvalue weighted by atomic mass is 10.0. The lowest BCUT2D eigenvalue weighted by Crippen LogP contribution is -2.31. The fourth-order valence-electron chi connectivity index (χ4n) is 3.24. The molecule has 0 aromatic carbocycles. The Kier molecular flexibility index (Phi) is 4.08. The summed E-state index contributed by atoms with van der Waals surface area (Å²) in [6.45, 7) is 0.680. The number of hydrogen-bond acceptors (Lipinski definition) is 5. The van der Waals surface area contributed by atoms with Crippen LogP contribution in [0.25, 0.3) is 5.57 Å². The number of rotatable bonds is 3. The fraction of sp³-hybridized carbons (Fsp3) is 0.294. The van der Waals surface area contributed by atoms with E-state index in [9.17, 15) is 14.4 Å². The number of nitrogens with one attached hydrogen (secondary N) is 1. The van der Waals surface area contributed by atoms with E-state index in [1.54, 1.807) is 29.1 Å². The third-order valence-corrected chi connectivity index (χ3v) is 5.58. The quantitative estimate of drug-likeness (QED) is 0.861. The number of carbonyl (C=O) groups is 3. The number of anilines is 1. The smallest absolute Gasteiger partial charge is 0.407 e. The summed E-state index contributed by atoms with van der Waals surface area (Å²) in [4.78, 5) is 41.9. The first kappa shape index (κ1) is 16.5. The van der Waals surface area contributed by atoms with E-state index >= 15 is 0 Å². The van der Waals surface area contributed by atoms with Gasteiger partial charge in [-0.25, -0.2) is 9.78 Å². The Morgan fingerprint density at radius 3 is 3.00 bits per heavy atom. The van der Waals surface area contributed by atoms with Crippen molar-refractivity contribution in [2.24, 2.45) is 0 Å². The molecular formula is C17H16N4O4S. The summed E-state index contributed by atoms with van der Waals surface area (Å²) in [6, 6.07) is 3.06. The van der Waals surface area contributed by atoms with Gasteiger partial charge in [0.1, 0.15) is 6.04 Å². The van der Waals surface area contributed by atoms with Crippen LogP contribution in [0.4, 0.5) is 9.93 Å². The maximum absolute atomic E-state index is 12.6. The molecule has 0 aliphatic carbocycles. The zero-order valence-electron chi connectivity index (χ0n) is 13.7. The van der Waals surface area contributed by atoms with Crippen molar-refractivity contribution < 1.29 is 19.5 Å². The van der Waals surface area contributed by atoms with E-state index in [2.05, 4.69) is 10.3 Å². The van der Waals surface area contributed by atoms with E-state index in [1.807, 2.05) is 6.08 Å². The highest BCUT2D eigenvalue weighted by Crippen LogP contribution is 2.31. The molecule has 1 atom stereocenters. The Morgan fingerprint density at radius 1 is 1.38 bits per heavy atom. The summed E-state index contributed by atoms with van der Waals surface area (Å²) in [6.07, 6.45) is 5.10. The van der Waals surface area contributed by atoms with Gasteiger partial charge in [-0.15, -0.1) is 0 Å². The van der Waals surface area contributed by atoms with E-state index in [-0.39, 0.29) is 11.7 Å². The van der Waals surface area contributed by atoms with Crippen molar-refractivity contribution in [1.82, 2.24) is 14.5 Å². The van der Waals surface area contributed by atoms with Crippen molar-refractivity contribution in [1.29, 1.82) is 0 Å². The maximum atomic E-state index is 12.6. The van der Waals surface area contributed by atoms with Crippen LogP contribution >= 0.6 is 11.3 Å². The van der Waals surface area contributed by atoms with Crippen molar-refractivity contribution >= 4 is 39.8 Å². The van der Waals surface area contributed by atoms with Gasteiger partial charge < -0.3 is 19.9 Å². The molecule has 134 valence electrons. The van der Waals surface area contributed by atoms with Crippen LogP contribution in [0.15, 0.2) is 30.6 Å². The summed E-state index contributed by atoms with van der Waals surface area (Å²) in [7, 11) is 0. The minimum Gasteiger partial charge on any atom is -0.465 e. The van der Waals surface area contributed by atoms with E-state index in [0.29, 0.717) is 36.8 Å². The number of hydrogen-bond donors (Lipinski definition) is 2. The molecule has 2 aliphatic rings. The van der Waals surface area contributed by atoms with Gasteiger partial charge >= 0.3 is 6.09 Å². The molecule has 0 spiro atoms. The summed E-state index contributed by atoms with van der Waals surface area (Å²) in [5, 5.41) is 12.3. The summed E-state index contributed by atoms with van der Waals surface area (Å²) >= 11 is 1.31. The maximum Gasteiger partial charge on any atom is 0.407 e.